The number of rotatable bonds is 6. The zero-order valence-electron chi connectivity index (χ0n) is 10.8. The van der Waals surface area contributed by atoms with Crippen molar-refractivity contribution in [2.24, 2.45) is 11.1 Å². The van der Waals surface area contributed by atoms with Crippen LogP contribution >= 0.6 is 0 Å². The number of aromatic nitrogens is 1. The summed E-state index contributed by atoms with van der Waals surface area (Å²) in [5, 5.41) is 3.56. The molecule has 0 bridgehead atoms. The molecule has 1 aromatic rings. The molecule has 0 aromatic carbocycles. The zero-order chi connectivity index (χ0) is 12.9. The maximum Gasteiger partial charge on any atom is 0.292 e. The summed E-state index contributed by atoms with van der Waals surface area (Å²) in [5.41, 5.74) is 5.60. The molecular weight excluding hydrogens is 218 g/mol. The Morgan fingerprint density at radius 2 is 2.29 bits per heavy atom. The Morgan fingerprint density at radius 1 is 1.59 bits per heavy atom. The molecule has 0 saturated carbocycles. The summed E-state index contributed by atoms with van der Waals surface area (Å²) in [6.07, 6.45) is 2.38. The first-order chi connectivity index (χ1) is 8.00. The van der Waals surface area contributed by atoms with Gasteiger partial charge in [0.25, 0.3) is 5.91 Å². The summed E-state index contributed by atoms with van der Waals surface area (Å²) in [6, 6.07) is 1.58. The van der Waals surface area contributed by atoms with Crippen LogP contribution in [0.4, 0.5) is 0 Å². The molecule has 0 spiro atoms. The molecule has 0 aliphatic carbocycles. The van der Waals surface area contributed by atoms with Crippen molar-refractivity contribution < 1.29 is 9.32 Å². The van der Waals surface area contributed by atoms with Gasteiger partial charge in [0.2, 0.25) is 5.76 Å². The van der Waals surface area contributed by atoms with Gasteiger partial charge in [-0.15, -0.1) is 0 Å². The van der Waals surface area contributed by atoms with Crippen molar-refractivity contribution in [2.45, 2.75) is 27.2 Å². The lowest BCUT2D eigenvalue weighted by Gasteiger charge is -2.31. The fourth-order valence-corrected chi connectivity index (χ4v) is 1.59. The molecule has 1 heterocycles. The van der Waals surface area contributed by atoms with Crippen LogP contribution in [0.2, 0.25) is 0 Å². The van der Waals surface area contributed by atoms with Crippen molar-refractivity contribution in [1.29, 1.82) is 0 Å². The van der Waals surface area contributed by atoms with Crippen molar-refractivity contribution in [3.05, 3.63) is 18.0 Å². The van der Waals surface area contributed by atoms with Crippen molar-refractivity contribution in [3.63, 3.8) is 0 Å². The van der Waals surface area contributed by atoms with E-state index in [1.165, 1.54) is 6.20 Å². The maximum absolute atomic E-state index is 12.1. The van der Waals surface area contributed by atoms with Crippen molar-refractivity contribution >= 4 is 5.91 Å². The third-order valence-corrected chi connectivity index (χ3v) is 2.60. The van der Waals surface area contributed by atoms with Crippen LogP contribution in [0.1, 0.15) is 37.7 Å². The van der Waals surface area contributed by atoms with Crippen LogP contribution < -0.4 is 5.73 Å². The monoisotopic (exact) mass is 239 g/mol. The first kappa shape index (κ1) is 13.7. The van der Waals surface area contributed by atoms with Crippen LogP contribution in [0.3, 0.4) is 0 Å². The SMILES string of the molecule is CCCN(CC(C)(C)CN)C(=O)c1ccno1. The minimum Gasteiger partial charge on any atom is -0.351 e. The highest BCUT2D eigenvalue weighted by atomic mass is 16.5. The topological polar surface area (TPSA) is 72.4 Å². The lowest BCUT2D eigenvalue weighted by atomic mass is 9.93. The molecule has 17 heavy (non-hydrogen) atoms. The van der Waals surface area contributed by atoms with Crippen LogP contribution in [-0.2, 0) is 0 Å². The quantitative estimate of drug-likeness (QED) is 0.816. The van der Waals surface area contributed by atoms with Crippen LogP contribution in [0.25, 0.3) is 0 Å². The Labute approximate surface area is 102 Å². The molecule has 0 fully saturated rings. The normalized spacial score (nSPS) is 11.5. The predicted molar refractivity (Wildman–Crippen MR) is 65.5 cm³/mol. The van der Waals surface area contributed by atoms with Crippen LogP contribution in [0, 0.1) is 5.41 Å². The van der Waals surface area contributed by atoms with E-state index in [4.69, 9.17) is 10.3 Å². The number of carbonyl (C=O) groups excluding carboxylic acids is 1. The van der Waals surface area contributed by atoms with Gasteiger partial charge in [-0.05, 0) is 18.4 Å². The zero-order valence-corrected chi connectivity index (χ0v) is 10.8. The first-order valence-corrected chi connectivity index (χ1v) is 5.90. The average Bonchev–Trinajstić information content (AvgIpc) is 2.81. The van der Waals surface area contributed by atoms with E-state index in [2.05, 4.69) is 5.16 Å². The minimum absolute atomic E-state index is 0.0924. The van der Waals surface area contributed by atoms with Crippen molar-refractivity contribution in [2.75, 3.05) is 19.6 Å². The second-order valence-electron chi connectivity index (χ2n) is 4.97. The van der Waals surface area contributed by atoms with Gasteiger partial charge in [0.05, 0.1) is 6.20 Å². The molecule has 0 atom stereocenters. The van der Waals surface area contributed by atoms with Gasteiger partial charge in [0.15, 0.2) is 0 Å². The summed E-state index contributed by atoms with van der Waals surface area (Å²) in [6.45, 7) is 7.99. The van der Waals surface area contributed by atoms with Crippen LogP contribution in [-0.4, -0.2) is 35.6 Å². The summed E-state index contributed by atoms with van der Waals surface area (Å²) in [7, 11) is 0. The van der Waals surface area contributed by atoms with Gasteiger partial charge >= 0.3 is 0 Å². The Balaban J connectivity index is 2.75. The molecular formula is C12H21N3O2. The molecule has 2 N–H and O–H groups in total. The van der Waals surface area contributed by atoms with E-state index in [1.807, 2.05) is 20.8 Å². The predicted octanol–water partition coefficient (Wildman–Crippen LogP) is 1.51. The third-order valence-electron chi connectivity index (χ3n) is 2.60. The summed E-state index contributed by atoms with van der Waals surface area (Å²) < 4.78 is 4.90. The lowest BCUT2D eigenvalue weighted by molar-refractivity contribution is 0.0648. The van der Waals surface area contributed by atoms with Gasteiger partial charge in [0, 0.05) is 19.2 Å². The maximum atomic E-state index is 12.1. The smallest absolute Gasteiger partial charge is 0.292 e. The third kappa shape index (κ3) is 3.85. The molecule has 1 aromatic heterocycles. The van der Waals surface area contributed by atoms with Gasteiger partial charge < -0.3 is 15.2 Å². The van der Waals surface area contributed by atoms with Gasteiger partial charge in [-0.3, -0.25) is 4.79 Å². The molecule has 0 saturated heterocycles. The van der Waals surface area contributed by atoms with E-state index in [-0.39, 0.29) is 17.1 Å². The first-order valence-electron chi connectivity index (χ1n) is 5.90. The van der Waals surface area contributed by atoms with Gasteiger partial charge in [0.1, 0.15) is 0 Å². The van der Waals surface area contributed by atoms with Gasteiger partial charge in [-0.1, -0.05) is 25.9 Å². The largest absolute Gasteiger partial charge is 0.351 e. The molecule has 0 aliphatic rings. The Hall–Kier alpha value is -1.36. The van der Waals surface area contributed by atoms with E-state index in [9.17, 15) is 4.79 Å². The number of nitrogens with two attached hydrogens (primary N) is 1. The standard InChI is InChI=1S/C12H21N3O2/c1-4-7-15(9-12(2,3)8-13)11(16)10-5-6-14-17-10/h5-6H,4,7-9,13H2,1-3H3. The number of amides is 1. The minimum atomic E-state index is -0.120. The molecule has 5 heteroatoms. The Bertz CT molecular complexity index is 347. The molecule has 0 unspecified atom stereocenters. The van der Waals surface area contributed by atoms with E-state index >= 15 is 0 Å². The molecule has 96 valence electrons. The average molecular weight is 239 g/mol. The highest BCUT2D eigenvalue weighted by Crippen LogP contribution is 2.17. The number of nitrogens with zero attached hydrogens (tertiary/aromatic N) is 2. The molecule has 0 radical (unpaired) electrons. The lowest BCUT2D eigenvalue weighted by Crippen LogP contribution is -2.42. The summed E-state index contributed by atoms with van der Waals surface area (Å²) >= 11 is 0. The summed E-state index contributed by atoms with van der Waals surface area (Å²) in [5.74, 6) is 0.164. The van der Waals surface area contributed by atoms with Crippen LogP contribution in [0.15, 0.2) is 16.8 Å². The van der Waals surface area contributed by atoms with Crippen molar-refractivity contribution in [3.8, 4) is 0 Å². The Morgan fingerprint density at radius 3 is 2.76 bits per heavy atom. The Kier molecular flexibility index (Phi) is 4.69. The van der Waals surface area contributed by atoms with Crippen molar-refractivity contribution in [1.82, 2.24) is 10.1 Å². The molecule has 5 nitrogen and oxygen atoms in total. The van der Waals surface area contributed by atoms with E-state index in [0.717, 1.165) is 6.42 Å². The second kappa shape index (κ2) is 5.82. The van der Waals surface area contributed by atoms with Crippen LogP contribution in [0.5, 0.6) is 0 Å². The number of hydrogen-bond acceptors (Lipinski definition) is 4. The fraction of sp³-hybridized carbons (Fsp3) is 0.667. The number of hydrogen-bond donors (Lipinski definition) is 1. The molecule has 1 rings (SSSR count). The van der Waals surface area contributed by atoms with Gasteiger partial charge in [-0.25, -0.2) is 0 Å². The van der Waals surface area contributed by atoms with E-state index in [0.29, 0.717) is 19.6 Å². The number of carbonyl (C=O) groups is 1. The fourth-order valence-electron chi connectivity index (χ4n) is 1.59. The highest BCUT2D eigenvalue weighted by molar-refractivity contribution is 5.91. The molecule has 0 aliphatic heterocycles. The second-order valence-corrected chi connectivity index (χ2v) is 4.97. The van der Waals surface area contributed by atoms with Gasteiger partial charge in [-0.2, -0.15) is 0 Å². The highest BCUT2D eigenvalue weighted by Gasteiger charge is 2.25. The van der Waals surface area contributed by atoms with E-state index in [1.54, 1.807) is 11.0 Å². The van der Waals surface area contributed by atoms with E-state index < -0.39 is 0 Å². The summed E-state index contributed by atoms with van der Waals surface area (Å²) in [4.78, 5) is 13.9. The molecule has 1 amide bonds.